The van der Waals surface area contributed by atoms with E-state index in [9.17, 15) is 4.79 Å². The lowest BCUT2D eigenvalue weighted by atomic mass is 10.2. The van der Waals surface area contributed by atoms with Gasteiger partial charge in [-0.15, -0.1) is 0 Å². The van der Waals surface area contributed by atoms with Crippen molar-refractivity contribution in [2.24, 2.45) is 5.92 Å². The maximum absolute atomic E-state index is 12.5. The second kappa shape index (κ2) is 13.0. The molecule has 0 spiro atoms. The first kappa shape index (κ1) is 31.5. The quantitative estimate of drug-likeness (QED) is 0.363. The Balaban J connectivity index is 0. The van der Waals surface area contributed by atoms with Crippen LogP contribution in [0.3, 0.4) is 0 Å². The van der Waals surface area contributed by atoms with E-state index >= 15 is 0 Å². The van der Waals surface area contributed by atoms with Crippen LogP contribution in [0.25, 0.3) is 0 Å². The lowest BCUT2D eigenvalue weighted by Gasteiger charge is -2.40. The predicted molar refractivity (Wildman–Crippen MR) is 125 cm³/mol. The summed E-state index contributed by atoms with van der Waals surface area (Å²) < 4.78 is 45.9. The van der Waals surface area contributed by atoms with E-state index in [1.165, 1.54) is 21.3 Å². The highest BCUT2D eigenvalue weighted by Gasteiger charge is 2.45. The van der Waals surface area contributed by atoms with Gasteiger partial charge in [-0.3, -0.25) is 4.79 Å². The molecule has 0 aliphatic carbocycles. The predicted octanol–water partition coefficient (Wildman–Crippen LogP) is 2.41. The van der Waals surface area contributed by atoms with Crippen molar-refractivity contribution in [1.29, 1.82) is 0 Å². The third-order valence-electron chi connectivity index (χ3n) is 4.13. The molecule has 3 atom stereocenters. The summed E-state index contributed by atoms with van der Waals surface area (Å²) in [6.45, 7) is 11.7. The van der Waals surface area contributed by atoms with Crippen LogP contribution >= 0.6 is 0 Å². The van der Waals surface area contributed by atoms with Crippen LogP contribution in [-0.4, -0.2) is 78.0 Å². The van der Waals surface area contributed by atoms with Crippen LogP contribution in [0.5, 0.6) is 0 Å². The molecule has 0 saturated carbocycles. The molecule has 1 aliphatic rings. The Morgan fingerprint density at radius 3 is 1.72 bits per heavy atom. The van der Waals surface area contributed by atoms with Gasteiger partial charge in [-0.1, -0.05) is 21.8 Å². The number of esters is 1. The molecule has 176 valence electrons. The standard InChI is InChI=1S/C13H34O9Si5.2CH4/c1-12(13(14)18-11-27(15-2,16-3)17-4)10-26(9)21-23(5)19-25(7,8)20-24(6)22-26;;/h12,23-24H,10-11H2,1-9H3;2*1H4. The summed E-state index contributed by atoms with van der Waals surface area (Å²) in [5, 5.41) is 0. The van der Waals surface area contributed by atoms with Crippen molar-refractivity contribution in [2.45, 2.75) is 60.6 Å². The zero-order valence-electron chi connectivity index (χ0n) is 17.8. The zero-order chi connectivity index (χ0) is 20.9. The Kier molecular flexibility index (Phi) is 14.1. The fraction of sp³-hybridized carbons (Fsp3) is 0.933. The summed E-state index contributed by atoms with van der Waals surface area (Å²) >= 11 is 0. The van der Waals surface area contributed by atoms with E-state index in [-0.39, 0.29) is 27.1 Å². The average molecular weight is 507 g/mol. The molecule has 0 amide bonds. The van der Waals surface area contributed by atoms with E-state index in [2.05, 4.69) is 0 Å². The number of carbonyl (C=O) groups excluding carboxylic acids is 1. The van der Waals surface area contributed by atoms with Crippen LogP contribution in [0.4, 0.5) is 0 Å². The molecule has 3 unspecified atom stereocenters. The van der Waals surface area contributed by atoms with Gasteiger partial charge in [0.2, 0.25) is 0 Å². The minimum atomic E-state index is -2.97. The normalized spacial score (nSPS) is 28.2. The van der Waals surface area contributed by atoms with Gasteiger partial charge in [-0.2, -0.15) is 0 Å². The summed E-state index contributed by atoms with van der Waals surface area (Å²) in [6, 6.07) is 0.469. The van der Waals surface area contributed by atoms with Crippen molar-refractivity contribution in [2.75, 3.05) is 27.6 Å². The number of rotatable bonds is 8. The molecule has 1 rings (SSSR count). The summed E-state index contributed by atoms with van der Waals surface area (Å²) in [5.74, 6) is -0.757. The molecule has 0 aromatic heterocycles. The summed E-state index contributed by atoms with van der Waals surface area (Å²) in [6.07, 6.45) is -0.0397. The molecule has 0 radical (unpaired) electrons. The van der Waals surface area contributed by atoms with E-state index in [1.54, 1.807) is 6.92 Å². The van der Waals surface area contributed by atoms with Crippen LogP contribution < -0.4 is 0 Å². The minimum Gasteiger partial charge on any atom is -0.461 e. The second-order valence-electron chi connectivity index (χ2n) is 7.15. The van der Waals surface area contributed by atoms with Crippen molar-refractivity contribution in [3.8, 4) is 0 Å². The molecule has 0 N–H and O–H groups in total. The molecule has 1 heterocycles. The highest BCUT2D eigenvalue weighted by molar-refractivity contribution is 6.85. The smallest absolute Gasteiger partial charge is 0.461 e. The van der Waals surface area contributed by atoms with Gasteiger partial charge in [-0.05, 0) is 32.7 Å². The first-order valence-corrected chi connectivity index (χ1v) is 20.4. The van der Waals surface area contributed by atoms with Crippen LogP contribution in [0.1, 0.15) is 21.8 Å². The first-order valence-electron chi connectivity index (χ1n) is 8.93. The highest BCUT2D eigenvalue weighted by Crippen LogP contribution is 2.27. The molecule has 9 nitrogen and oxygen atoms in total. The van der Waals surface area contributed by atoms with Crippen LogP contribution in [0, 0.1) is 5.92 Å². The van der Waals surface area contributed by atoms with Crippen molar-refractivity contribution >= 4 is 50.5 Å². The minimum absolute atomic E-state index is 0. The molecular formula is C15H42O9Si5. The lowest BCUT2D eigenvalue weighted by molar-refractivity contribution is -0.147. The topological polar surface area (TPSA) is 90.9 Å². The second-order valence-corrected chi connectivity index (χ2v) is 21.5. The van der Waals surface area contributed by atoms with E-state index in [4.69, 9.17) is 34.5 Å². The monoisotopic (exact) mass is 506 g/mol. The van der Waals surface area contributed by atoms with Crippen molar-refractivity contribution in [3.63, 3.8) is 0 Å². The molecule has 0 aromatic rings. The molecule has 14 heteroatoms. The Hall–Kier alpha value is 0.274. The SMILES string of the molecule is C.C.CO[Si](COC(=O)C(C)C[Si]1(C)O[SiH](C)O[Si](C)(C)O[SiH](C)O1)(OC)OC. The molecule has 1 fully saturated rings. The third-order valence-corrected chi connectivity index (χ3v) is 21.7. The van der Waals surface area contributed by atoms with Gasteiger partial charge in [0.15, 0.2) is 6.23 Å². The van der Waals surface area contributed by atoms with Gasteiger partial charge in [0.1, 0.15) is 0 Å². The van der Waals surface area contributed by atoms with Gasteiger partial charge >= 0.3 is 50.5 Å². The molecule has 29 heavy (non-hydrogen) atoms. The first-order chi connectivity index (χ1) is 12.4. The molecule has 0 aromatic carbocycles. The Labute approximate surface area is 183 Å². The maximum atomic E-state index is 12.5. The molecule has 1 saturated heterocycles. The molecule has 1 aliphatic heterocycles. The Morgan fingerprint density at radius 1 is 0.931 bits per heavy atom. The van der Waals surface area contributed by atoms with E-state index < -0.39 is 50.4 Å². The van der Waals surface area contributed by atoms with Crippen molar-refractivity contribution < 1.29 is 39.3 Å². The fourth-order valence-corrected chi connectivity index (χ4v) is 21.0. The number of hydrogen-bond acceptors (Lipinski definition) is 9. The number of hydrogen-bond donors (Lipinski definition) is 0. The van der Waals surface area contributed by atoms with Crippen LogP contribution in [0.2, 0.25) is 38.8 Å². The average Bonchev–Trinajstić information content (AvgIpc) is 2.53. The zero-order valence-corrected chi connectivity index (χ0v) is 23.1. The van der Waals surface area contributed by atoms with Crippen LogP contribution in [0.15, 0.2) is 0 Å². The van der Waals surface area contributed by atoms with Gasteiger partial charge in [0.25, 0.3) is 0 Å². The van der Waals surface area contributed by atoms with E-state index in [0.29, 0.717) is 6.04 Å². The third kappa shape index (κ3) is 9.96. The summed E-state index contributed by atoms with van der Waals surface area (Å²) in [4.78, 5) is 12.5. The fourth-order valence-electron chi connectivity index (χ4n) is 3.07. The molecular weight excluding hydrogens is 465 g/mol. The lowest BCUT2D eigenvalue weighted by Crippen LogP contribution is -2.57. The van der Waals surface area contributed by atoms with Crippen molar-refractivity contribution in [3.05, 3.63) is 0 Å². The van der Waals surface area contributed by atoms with Gasteiger partial charge < -0.3 is 34.5 Å². The van der Waals surface area contributed by atoms with Gasteiger partial charge in [-0.25, -0.2) is 0 Å². The number of ether oxygens (including phenoxy) is 1. The summed E-state index contributed by atoms with van der Waals surface area (Å²) in [5.41, 5.74) is 0. The molecule has 0 bridgehead atoms. The summed E-state index contributed by atoms with van der Waals surface area (Å²) in [7, 11) is -7.17. The Bertz CT molecular complexity index is 469. The highest BCUT2D eigenvalue weighted by atomic mass is 28.5. The largest absolute Gasteiger partial charge is 0.539 e. The Morgan fingerprint density at radius 2 is 1.34 bits per heavy atom. The van der Waals surface area contributed by atoms with E-state index in [0.717, 1.165) is 0 Å². The van der Waals surface area contributed by atoms with E-state index in [1.807, 2.05) is 32.7 Å². The van der Waals surface area contributed by atoms with Crippen LogP contribution in [-0.2, 0) is 39.3 Å². The maximum Gasteiger partial charge on any atom is 0.539 e. The van der Waals surface area contributed by atoms with Gasteiger partial charge in [0, 0.05) is 27.4 Å². The van der Waals surface area contributed by atoms with Gasteiger partial charge in [0.05, 0.1) is 5.92 Å². The number of carbonyl (C=O) groups is 1. The van der Waals surface area contributed by atoms with Crippen molar-refractivity contribution in [1.82, 2.24) is 0 Å².